The summed E-state index contributed by atoms with van der Waals surface area (Å²) in [6.45, 7) is 11.5. The zero-order valence-corrected chi connectivity index (χ0v) is 20.9. The second kappa shape index (κ2) is 12.9. The third kappa shape index (κ3) is 7.45. The standard InChI is InChI=1S/C26H33FN6S/c1-5-12-34-25-17-33(11-9-19(25)2)26(14-27)32-18-31-21(4)29-15-22-6-7-24(30-16-22)23-8-10-28-20(3)13-23/h5-8,10,12-13,16,18,20,28-29H,4,9,11,14-15,17H2,1-3H3/b12-5-,31-18?,32-26?. The van der Waals surface area contributed by atoms with Gasteiger partial charge in [0.2, 0.25) is 0 Å². The van der Waals surface area contributed by atoms with Gasteiger partial charge in [-0.1, -0.05) is 30.4 Å². The summed E-state index contributed by atoms with van der Waals surface area (Å²) in [6.07, 6.45) is 12.2. The summed E-state index contributed by atoms with van der Waals surface area (Å²) in [6, 6.07) is 4.33. The minimum atomic E-state index is -0.634. The fourth-order valence-electron chi connectivity index (χ4n) is 3.49. The van der Waals surface area contributed by atoms with E-state index in [1.54, 1.807) is 11.8 Å². The summed E-state index contributed by atoms with van der Waals surface area (Å²) in [4.78, 5) is 16.3. The zero-order chi connectivity index (χ0) is 24.3. The van der Waals surface area contributed by atoms with Gasteiger partial charge in [-0.2, -0.15) is 0 Å². The van der Waals surface area contributed by atoms with E-state index in [0.717, 1.165) is 29.8 Å². The number of allylic oxidation sites excluding steroid dienone is 3. The molecule has 180 valence electrons. The van der Waals surface area contributed by atoms with E-state index in [2.05, 4.69) is 57.5 Å². The number of dihydropyridines is 1. The van der Waals surface area contributed by atoms with E-state index in [1.165, 1.54) is 16.8 Å². The van der Waals surface area contributed by atoms with Crippen molar-refractivity contribution < 1.29 is 4.39 Å². The van der Waals surface area contributed by atoms with E-state index in [9.17, 15) is 4.39 Å². The van der Waals surface area contributed by atoms with Gasteiger partial charge in [-0.05, 0) is 62.1 Å². The summed E-state index contributed by atoms with van der Waals surface area (Å²) in [7, 11) is 0. The zero-order valence-electron chi connectivity index (χ0n) is 20.1. The molecule has 1 aromatic rings. The molecule has 0 aromatic carbocycles. The minimum Gasteiger partial charge on any atom is -0.385 e. The number of alkyl halides is 1. The molecule has 8 heteroatoms. The molecule has 2 N–H and O–H groups in total. The van der Waals surface area contributed by atoms with Crippen molar-refractivity contribution >= 4 is 29.5 Å². The molecule has 2 aliphatic rings. The Hall–Kier alpha value is -3.13. The van der Waals surface area contributed by atoms with E-state index in [4.69, 9.17) is 0 Å². The van der Waals surface area contributed by atoms with Crippen LogP contribution in [0.15, 0.2) is 81.0 Å². The second-order valence-electron chi connectivity index (χ2n) is 8.15. The highest BCUT2D eigenvalue weighted by molar-refractivity contribution is 8.05. The number of thioether (sulfide) groups is 1. The summed E-state index contributed by atoms with van der Waals surface area (Å²) >= 11 is 1.69. The van der Waals surface area contributed by atoms with Gasteiger partial charge >= 0.3 is 0 Å². The minimum absolute atomic E-state index is 0.291. The molecule has 0 spiro atoms. The lowest BCUT2D eigenvalue weighted by molar-refractivity contribution is 0.414. The first-order chi connectivity index (χ1) is 16.5. The Balaban J connectivity index is 1.51. The highest BCUT2D eigenvalue weighted by Gasteiger charge is 2.19. The maximum absolute atomic E-state index is 13.7. The number of aromatic nitrogens is 1. The highest BCUT2D eigenvalue weighted by atomic mass is 32.2. The lowest BCUT2D eigenvalue weighted by Crippen LogP contribution is -2.37. The fraction of sp³-hybridized carbons (Fsp3) is 0.346. The van der Waals surface area contributed by atoms with Crippen molar-refractivity contribution in [2.45, 2.75) is 39.8 Å². The summed E-state index contributed by atoms with van der Waals surface area (Å²) in [5.74, 6) is 0.848. The van der Waals surface area contributed by atoms with Crippen molar-refractivity contribution in [2.75, 3.05) is 19.8 Å². The molecule has 6 nitrogen and oxygen atoms in total. The fourth-order valence-corrected chi connectivity index (χ4v) is 4.32. The molecule has 3 heterocycles. The second-order valence-corrected chi connectivity index (χ2v) is 9.15. The van der Waals surface area contributed by atoms with Crippen LogP contribution in [0.2, 0.25) is 0 Å². The number of hydrogen-bond donors (Lipinski definition) is 2. The molecule has 1 unspecified atom stereocenters. The van der Waals surface area contributed by atoms with Crippen molar-refractivity contribution in [2.24, 2.45) is 9.98 Å². The Kier molecular flexibility index (Phi) is 9.70. The van der Waals surface area contributed by atoms with E-state index < -0.39 is 6.67 Å². The summed E-state index contributed by atoms with van der Waals surface area (Å²) < 4.78 is 13.7. The van der Waals surface area contributed by atoms with Crippen molar-refractivity contribution in [1.29, 1.82) is 0 Å². The maximum atomic E-state index is 13.7. The Morgan fingerprint density at radius 2 is 2.29 bits per heavy atom. The van der Waals surface area contributed by atoms with Crippen LogP contribution in [0.4, 0.5) is 4.39 Å². The Morgan fingerprint density at radius 1 is 1.44 bits per heavy atom. The number of amidine groups is 1. The number of aliphatic imine (C=N–C) groups is 2. The quantitative estimate of drug-likeness (QED) is 0.377. The third-order valence-electron chi connectivity index (χ3n) is 5.49. The molecule has 0 amide bonds. The first-order valence-corrected chi connectivity index (χ1v) is 12.3. The van der Waals surface area contributed by atoms with Gasteiger partial charge in [0.15, 0.2) is 0 Å². The van der Waals surface area contributed by atoms with Crippen LogP contribution in [0, 0.1) is 0 Å². The lowest BCUT2D eigenvalue weighted by atomic mass is 10.1. The van der Waals surface area contributed by atoms with Gasteiger partial charge < -0.3 is 15.5 Å². The molecule has 0 fully saturated rings. The van der Waals surface area contributed by atoms with E-state index in [1.807, 2.05) is 48.5 Å². The highest BCUT2D eigenvalue weighted by Crippen LogP contribution is 2.28. The van der Waals surface area contributed by atoms with Crippen LogP contribution in [0.3, 0.4) is 0 Å². The van der Waals surface area contributed by atoms with Gasteiger partial charge in [-0.15, -0.1) is 11.8 Å². The normalized spacial score (nSPS) is 19.1. The predicted molar refractivity (Wildman–Crippen MR) is 143 cm³/mol. The molecule has 34 heavy (non-hydrogen) atoms. The number of halogens is 1. The largest absolute Gasteiger partial charge is 0.385 e. The molecule has 0 saturated heterocycles. The van der Waals surface area contributed by atoms with Crippen LogP contribution >= 0.6 is 11.8 Å². The number of nitrogens with one attached hydrogen (secondary N) is 2. The molecule has 2 aliphatic heterocycles. The topological polar surface area (TPSA) is 64.9 Å². The smallest absolute Gasteiger partial charge is 0.147 e. The van der Waals surface area contributed by atoms with Crippen LogP contribution < -0.4 is 10.6 Å². The van der Waals surface area contributed by atoms with Gasteiger partial charge in [0, 0.05) is 30.2 Å². The van der Waals surface area contributed by atoms with Gasteiger partial charge in [0.05, 0.1) is 12.2 Å². The van der Waals surface area contributed by atoms with Crippen LogP contribution in [0.1, 0.15) is 38.4 Å². The Labute approximate surface area is 206 Å². The first-order valence-electron chi connectivity index (χ1n) is 11.4. The SMILES string of the molecule is C=C(N=CN=C(CF)N1CCC(C)=C(S/C=C\C)C1)NCc1ccc(C2=CC(C)NC=C2)nc1. The van der Waals surface area contributed by atoms with E-state index in [-0.39, 0.29) is 0 Å². The molecule has 0 radical (unpaired) electrons. The van der Waals surface area contributed by atoms with E-state index in [0.29, 0.717) is 30.8 Å². The number of rotatable bonds is 9. The molecule has 0 bridgehead atoms. The summed E-state index contributed by atoms with van der Waals surface area (Å²) in [5, 5.41) is 8.43. The predicted octanol–water partition coefficient (Wildman–Crippen LogP) is 5.17. The average Bonchev–Trinajstić information content (AvgIpc) is 2.85. The van der Waals surface area contributed by atoms with Crippen molar-refractivity contribution in [3.63, 3.8) is 0 Å². The van der Waals surface area contributed by atoms with Gasteiger partial charge in [0.1, 0.15) is 24.7 Å². The molecule has 1 atom stereocenters. The molecular weight excluding hydrogens is 447 g/mol. The van der Waals surface area contributed by atoms with Crippen molar-refractivity contribution in [3.05, 3.63) is 82.3 Å². The lowest BCUT2D eigenvalue weighted by Gasteiger charge is -2.30. The van der Waals surface area contributed by atoms with Gasteiger partial charge in [0.25, 0.3) is 0 Å². The van der Waals surface area contributed by atoms with Crippen LogP contribution in [0.5, 0.6) is 0 Å². The maximum Gasteiger partial charge on any atom is 0.147 e. The first kappa shape index (κ1) is 25.5. The van der Waals surface area contributed by atoms with Crippen molar-refractivity contribution in [1.82, 2.24) is 20.5 Å². The monoisotopic (exact) mass is 480 g/mol. The Morgan fingerprint density at radius 3 is 3.00 bits per heavy atom. The van der Waals surface area contributed by atoms with Crippen molar-refractivity contribution in [3.8, 4) is 0 Å². The van der Waals surface area contributed by atoms with Crippen LogP contribution in [-0.4, -0.2) is 47.9 Å². The van der Waals surface area contributed by atoms with Crippen LogP contribution in [0.25, 0.3) is 5.57 Å². The van der Waals surface area contributed by atoms with Gasteiger partial charge in [-0.25, -0.2) is 14.4 Å². The third-order valence-corrected chi connectivity index (χ3v) is 6.66. The van der Waals surface area contributed by atoms with Crippen LogP contribution in [-0.2, 0) is 6.54 Å². The average molecular weight is 481 g/mol. The number of pyridine rings is 1. The van der Waals surface area contributed by atoms with Gasteiger partial charge in [-0.3, -0.25) is 4.98 Å². The number of nitrogens with zero attached hydrogens (tertiary/aromatic N) is 4. The molecule has 1 aromatic heterocycles. The molecule has 0 saturated carbocycles. The summed E-state index contributed by atoms with van der Waals surface area (Å²) in [5.41, 5.74) is 4.41. The molecular formula is C26H33FN6S. The van der Waals surface area contributed by atoms with E-state index >= 15 is 0 Å². The Bertz CT molecular complexity index is 1040. The number of hydrogen-bond acceptors (Lipinski definition) is 5. The molecule has 3 rings (SSSR count). The molecule has 0 aliphatic carbocycles.